The van der Waals surface area contributed by atoms with Crippen molar-refractivity contribution in [2.45, 2.75) is 13.8 Å². The summed E-state index contributed by atoms with van der Waals surface area (Å²) in [5.74, 6) is -1.57. The fraction of sp³-hybridized carbons (Fsp3) is 0.222. The van der Waals surface area contributed by atoms with Gasteiger partial charge in [-0.15, -0.1) is 0 Å². The molecule has 1 rings (SSSR count). The number of carbonyl (C=O) groups excluding carboxylic acids is 2. The highest BCUT2D eigenvalue weighted by Gasteiger charge is 2.23. The predicted molar refractivity (Wildman–Crippen MR) is 85.4 cm³/mol. The normalized spacial score (nSPS) is 10.1. The second kappa shape index (κ2) is 9.60. The molecule has 0 radical (unpaired) electrons. The van der Waals surface area contributed by atoms with Gasteiger partial charge in [0.25, 0.3) is 0 Å². The number of nitriles is 2. The third-order valence-corrected chi connectivity index (χ3v) is 2.81. The van der Waals surface area contributed by atoms with Crippen LogP contribution in [0.1, 0.15) is 24.2 Å². The molecule has 0 aliphatic heterocycles. The zero-order valence-corrected chi connectivity index (χ0v) is 13.4. The quantitative estimate of drug-likeness (QED) is 0.191. The van der Waals surface area contributed by atoms with Crippen LogP contribution in [0, 0.1) is 22.7 Å². The van der Waals surface area contributed by atoms with E-state index in [9.17, 15) is 9.59 Å². The van der Waals surface area contributed by atoms with Gasteiger partial charge in [-0.2, -0.15) is 10.5 Å². The molecule has 0 saturated heterocycles. The second-order valence-corrected chi connectivity index (χ2v) is 4.37. The summed E-state index contributed by atoms with van der Waals surface area (Å²) >= 11 is 0. The lowest BCUT2D eigenvalue weighted by atomic mass is 10.0. The Morgan fingerprint density at radius 1 is 1.04 bits per heavy atom. The number of hydrogen-bond donors (Lipinski definition) is 0. The molecule has 0 aliphatic carbocycles. The maximum Gasteiger partial charge on any atom is 0.342 e. The molecule has 0 bridgehead atoms. The van der Waals surface area contributed by atoms with E-state index in [2.05, 4.69) is 0 Å². The second-order valence-electron chi connectivity index (χ2n) is 4.37. The van der Waals surface area contributed by atoms with E-state index in [0.29, 0.717) is 5.56 Å². The van der Waals surface area contributed by atoms with Crippen LogP contribution in [0.15, 0.2) is 53.3 Å². The van der Waals surface area contributed by atoms with Gasteiger partial charge in [0.15, 0.2) is 17.1 Å². The van der Waals surface area contributed by atoms with E-state index in [1.165, 1.54) is 0 Å². The summed E-state index contributed by atoms with van der Waals surface area (Å²) in [6.45, 7) is 3.42. The van der Waals surface area contributed by atoms with E-state index in [4.69, 9.17) is 20.0 Å². The summed E-state index contributed by atoms with van der Waals surface area (Å²) in [7, 11) is 0. The van der Waals surface area contributed by atoms with Crippen molar-refractivity contribution in [1.82, 2.24) is 0 Å². The number of rotatable bonds is 7. The molecule has 6 heteroatoms. The van der Waals surface area contributed by atoms with Crippen LogP contribution in [0.25, 0.3) is 0 Å². The maximum absolute atomic E-state index is 12.3. The summed E-state index contributed by atoms with van der Waals surface area (Å²) in [5, 5.41) is 18.1. The molecule has 0 unspecified atom stereocenters. The van der Waals surface area contributed by atoms with Crippen molar-refractivity contribution in [3.63, 3.8) is 0 Å². The highest BCUT2D eigenvalue weighted by atomic mass is 16.5. The van der Waals surface area contributed by atoms with Crippen molar-refractivity contribution >= 4 is 11.8 Å². The molecule has 0 aliphatic rings. The lowest BCUT2D eigenvalue weighted by molar-refractivity contribution is -0.138. The maximum atomic E-state index is 12.3. The molecule has 24 heavy (non-hydrogen) atoms. The van der Waals surface area contributed by atoms with E-state index < -0.39 is 17.3 Å². The Hall–Kier alpha value is -3.38. The van der Waals surface area contributed by atoms with Crippen LogP contribution in [-0.4, -0.2) is 25.0 Å². The number of carbonyl (C=O) groups is 2. The number of esters is 1. The minimum Gasteiger partial charge on any atom is -0.491 e. The Bertz CT molecular complexity index is 733. The Balaban J connectivity index is 3.46. The molecule has 1 aromatic carbocycles. The summed E-state index contributed by atoms with van der Waals surface area (Å²) < 4.78 is 10.2. The molecule has 6 nitrogen and oxygen atoms in total. The van der Waals surface area contributed by atoms with Crippen molar-refractivity contribution < 1.29 is 19.1 Å². The first kappa shape index (κ1) is 18.7. The molecule has 0 fully saturated rings. The number of nitrogens with zero attached hydrogens (tertiary/aromatic N) is 2. The zero-order valence-electron chi connectivity index (χ0n) is 13.4. The summed E-state index contributed by atoms with van der Waals surface area (Å²) in [6.07, 6.45) is 1.02. The third-order valence-electron chi connectivity index (χ3n) is 2.81. The molecule has 0 aromatic heterocycles. The fourth-order valence-electron chi connectivity index (χ4n) is 1.80. The lowest BCUT2D eigenvalue weighted by Crippen LogP contribution is -2.15. The van der Waals surface area contributed by atoms with Crippen LogP contribution < -0.4 is 0 Å². The first-order chi connectivity index (χ1) is 11.6. The molecular weight excluding hydrogens is 308 g/mol. The number of benzene rings is 1. The number of hydrogen-bond acceptors (Lipinski definition) is 6. The number of ketones is 1. The first-order valence-electron chi connectivity index (χ1n) is 7.24. The minimum absolute atomic E-state index is 0.0730. The largest absolute Gasteiger partial charge is 0.491 e. The van der Waals surface area contributed by atoms with Gasteiger partial charge in [0.05, 0.1) is 13.2 Å². The summed E-state index contributed by atoms with van der Waals surface area (Å²) in [4.78, 5) is 24.5. The molecule has 122 valence electrons. The van der Waals surface area contributed by atoms with Crippen LogP contribution in [0.3, 0.4) is 0 Å². The van der Waals surface area contributed by atoms with Crippen molar-refractivity contribution in [2.75, 3.05) is 13.2 Å². The summed E-state index contributed by atoms with van der Waals surface area (Å²) in [5.41, 5.74) is -0.312. The molecule has 0 spiro atoms. The topological polar surface area (TPSA) is 100 Å². The van der Waals surface area contributed by atoms with E-state index in [-0.39, 0.29) is 24.5 Å². The first-order valence-corrected chi connectivity index (χ1v) is 7.24. The lowest BCUT2D eigenvalue weighted by Gasteiger charge is -2.12. The third kappa shape index (κ3) is 4.82. The molecule has 0 saturated carbocycles. The molecule has 1 aromatic rings. The Kier molecular flexibility index (Phi) is 7.47. The Morgan fingerprint density at radius 3 is 2.12 bits per heavy atom. The van der Waals surface area contributed by atoms with Crippen LogP contribution in [0.4, 0.5) is 0 Å². The Morgan fingerprint density at radius 2 is 1.62 bits per heavy atom. The van der Waals surface area contributed by atoms with Crippen molar-refractivity contribution in [3.05, 3.63) is 58.9 Å². The van der Waals surface area contributed by atoms with E-state index in [1.807, 2.05) is 0 Å². The average molecular weight is 324 g/mol. The molecular formula is C18H16N2O4. The summed E-state index contributed by atoms with van der Waals surface area (Å²) in [6, 6.07) is 11.6. The Labute approximate surface area is 140 Å². The highest BCUT2D eigenvalue weighted by molar-refractivity contribution is 6.10. The van der Waals surface area contributed by atoms with Crippen LogP contribution in [-0.2, 0) is 14.3 Å². The van der Waals surface area contributed by atoms with Crippen LogP contribution in [0.2, 0.25) is 0 Å². The van der Waals surface area contributed by atoms with Gasteiger partial charge in [-0.1, -0.05) is 30.3 Å². The van der Waals surface area contributed by atoms with Crippen LogP contribution >= 0.6 is 0 Å². The van der Waals surface area contributed by atoms with Crippen molar-refractivity contribution in [1.29, 1.82) is 10.5 Å². The SMILES string of the molecule is CCOC(=O)/C(=C/C(=O)c1ccccc1)C(OCC)=C(C#N)C#N. The standard InChI is InChI=1S/C18H16N2O4/c1-3-23-17(14(11-19)12-20)15(18(22)24-4-2)10-16(21)13-8-6-5-7-9-13/h5-10H,3-4H2,1-2H3/b15-10+. The van der Waals surface area contributed by atoms with Gasteiger partial charge < -0.3 is 9.47 Å². The van der Waals surface area contributed by atoms with E-state index >= 15 is 0 Å². The zero-order chi connectivity index (χ0) is 17.9. The molecule has 0 amide bonds. The minimum atomic E-state index is -0.840. The fourth-order valence-corrected chi connectivity index (χ4v) is 1.80. The number of ether oxygens (including phenoxy) is 2. The van der Waals surface area contributed by atoms with Gasteiger partial charge in [-0.3, -0.25) is 4.79 Å². The van der Waals surface area contributed by atoms with Crippen LogP contribution in [0.5, 0.6) is 0 Å². The van der Waals surface area contributed by atoms with Gasteiger partial charge in [0.2, 0.25) is 0 Å². The van der Waals surface area contributed by atoms with Gasteiger partial charge in [-0.05, 0) is 13.8 Å². The van der Waals surface area contributed by atoms with E-state index in [1.54, 1.807) is 56.3 Å². The van der Waals surface area contributed by atoms with Gasteiger partial charge in [-0.25, -0.2) is 4.79 Å². The predicted octanol–water partition coefficient (Wildman–Crippen LogP) is 2.70. The van der Waals surface area contributed by atoms with E-state index in [0.717, 1.165) is 6.08 Å². The van der Waals surface area contributed by atoms with Crippen molar-refractivity contribution in [3.8, 4) is 12.1 Å². The molecule has 0 N–H and O–H groups in total. The highest BCUT2D eigenvalue weighted by Crippen LogP contribution is 2.19. The van der Waals surface area contributed by atoms with Gasteiger partial charge in [0.1, 0.15) is 17.7 Å². The molecule has 0 atom stereocenters. The molecule has 0 heterocycles. The number of allylic oxidation sites excluding steroid dienone is 2. The monoisotopic (exact) mass is 324 g/mol. The van der Waals surface area contributed by atoms with Gasteiger partial charge in [0, 0.05) is 11.6 Å². The van der Waals surface area contributed by atoms with Gasteiger partial charge >= 0.3 is 5.97 Å². The smallest absolute Gasteiger partial charge is 0.342 e. The van der Waals surface area contributed by atoms with Crippen molar-refractivity contribution in [2.24, 2.45) is 0 Å². The average Bonchev–Trinajstić information content (AvgIpc) is 2.60.